The Morgan fingerprint density at radius 1 is 0.515 bits per heavy atom. The van der Waals surface area contributed by atoms with Gasteiger partial charge in [0.2, 0.25) is 0 Å². The second kappa shape index (κ2) is 29.0. The van der Waals surface area contributed by atoms with E-state index in [1.807, 2.05) is 0 Å². The van der Waals surface area contributed by atoms with Gasteiger partial charge in [0.1, 0.15) is 0 Å². The van der Waals surface area contributed by atoms with E-state index >= 15 is 0 Å². The van der Waals surface area contributed by atoms with Crippen LogP contribution in [0.25, 0.3) is 0 Å². The van der Waals surface area contributed by atoms with Crippen molar-refractivity contribution in [1.29, 1.82) is 0 Å². The molecule has 0 aliphatic heterocycles. The molecule has 0 fully saturated rings. The number of ether oxygens (including phenoxy) is 1. The fourth-order valence-corrected chi connectivity index (χ4v) is 4.09. The summed E-state index contributed by atoms with van der Waals surface area (Å²) < 4.78 is 5.39. The van der Waals surface area contributed by atoms with E-state index in [2.05, 4.69) is 38.2 Å². The van der Waals surface area contributed by atoms with Gasteiger partial charge in [-0.3, -0.25) is 4.79 Å². The summed E-state index contributed by atoms with van der Waals surface area (Å²) in [6.07, 6.45) is 37.8. The Bertz CT molecular complexity index is 438. The molecule has 0 aromatic carbocycles. The number of carbonyl (C=O) groups excluding carboxylic acids is 1. The molecule has 0 aliphatic rings. The van der Waals surface area contributed by atoms with E-state index in [4.69, 9.17) is 4.74 Å². The molecular formula is C31H58O2. The second-order valence-electron chi connectivity index (χ2n) is 9.74. The van der Waals surface area contributed by atoms with Gasteiger partial charge < -0.3 is 4.74 Å². The molecular weight excluding hydrogens is 404 g/mol. The summed E-state index contributed by atoms with van der Waals surface area (Å²) in [7, 11) is 0. The zero-order chi connectivity index (χ0) is 24.1. The Hall–Kier alpha value is -1.05. The van der Waals surface area contributed by atoms with Crippen molar-refractivity contribution >= 4 is 5.97 Å². The molecule has 0 atom stereocenters. The van der Waals surface area contributed by atoms with Crippen LogP contribution < -0.4 is 0 Å². The van der Waals surface area contributed by atoms with Gasteiger partial charge in [-0.2, -0.15) is 0 Å². The first kappa shape index (κ1) is 31.9. The lowest BCUT2D eigenvalue weighted by Crippen LogP contribution is -2.05. The SMILES string of the molecule is CCCC/C=C\C/C=C\CCCCCCCC(=O)OCCCCCCCCCCCCCC. The highest BCUT2D eigenvalue weighted by Gasteiger charge is 2.02. The van der Waals surface area contributed by atoms with Gasteiger partial charge in [-0.25, -0.2) is 0 Å². The molecule has 0 aliphatic carbocycles. The Balaban J connectivity index is 3.23. The van der Waals surface area contributed by atoms with Crippen molar-refractivity contribution in [3.05, 3.63) is 24.3 Å². The molecule has 33 heavy (non-hydrogen) atoms. The molecule has 0 amide bonds. The van der Waals surface area contributed by atoms with Gasteiger partial charge in [-0.05, 0) is 38.5 Å². The number of hydrogen-bond acceptors (Lipinski definition) is 2. The highest BCUT2D eigenvalue weighted by Crippen LogP contribution is 2.12. The largest absolute Gasteiger partial charge is 0.466 e. The van der Waals surface area contributed by atoms with Gasteiger partial charge in [0, 0.05) is 6.42 Å². The summed E-state index contributed by atoms with van der Waals surface area (Å²) in [4.78, 5) is 11.8. The summed E-state index contributed by atoms with van der Waals surface area (Å²) in [5, 5.41) is 0. The first-order chi connectivity index (χ1) is 16.3. The maximum absolute atomic E-state index is 11.8. The van der Waals surface area contributed by atoms with E-state index in [9.17, 15) is 4.79 Å². The minimum absolute atomic E-state index is 0.00741. The van der Waals surface area contributed by atoms with E-state index in [1.54, 1.807) is 0 Å². The van der Waals surface area contributed by atoms with E-state index in [-0.39, 0.29) is 5.97 Å². The Morgan fingerprint density at radius 3 is 1.55 bits per heavy atom. The van der Waals surface area contributed by atoms with Crippen LogP contribution >= 0.6 is 0 Å². The van der Waals surface area contributed by atoms with Crippen LogP contribution in [0.1, 0.15) is 162 Å². The first-order valence-corrected chi connectivity index (χ1v) is 14.8. The van der Waals surface area contributed by atoms with Crippen molar-refractivity contribution in [2.45, 2.75) is 162 Å². The van der Waals surface area contributed by atoms with Crippen LogP contribution in [0.3, 0.4) is 0 Å². The average Bonchev–Trinajstić information content (AvgIpc) is 2.82. The molecule has 2 heteroatoms. The predicted octanol–water partition coefficient (Wildman–Crippen LogP) is 10.7. The third-order valence-electron chi connectivity index (χ3n) is 6.34. The summed E-state index contributed by atoms with van der Waals surface area (Å²) in [6, 6.07) is 0. The van der Waals surface area contributed by atoms with Crippen molar-refractivity contribution in [2.24, 2.45) is 0 Å². The van der Waals surface area contributed by atoms with Crippen LogP contribution in [0.4, 0.5) is 0 Å². The predicted molar refractivity (Wildman–Crippen MR) is 147 cm³/mol. The lowest BCUT2D eigenvalue weighted by atomic mass is 10.1. The Kier molecular flexibility index (Phi) is 28.1. The number of esters is 1. The van der Waals surface area contributed by atoms with Crippen LogP contribution in [0.15, 0.2) is 24.3 Å². The number of allylic oxidation sites excluding steroid dienone is 4. The molecule has 0 radical (unpaired) electrons. The monoisotopic (exact) mass is 462 g/mol. The summed E-state index contributed by atoms with van der Waals surface area (Å²) in [5.41, 5.74) is 0. The minimum atomic E-state index is 0.00741. The Labute approximate surface area is 208 Å². The second-order valence-corrected chi connectivity index (χ2v) is 9.74. The van der Waals surface area contributed by atoms with Crippen molar-refractivity contribution in [3.8, 4) is 0 Å². The highest BCUT2D eigenvalue weighted by atomic mass is 16.5. The van der Waals surface area contributed by atoms with E-state index in [0.29, 0.717) is 13.0 Å². The van der Waals surface area contributed by atoms with Gasteiger partial charge in [-0.15, -0.1) is 0 Å². The smallest absolute Gasteiger partial charge is 0.305 e. The zero-order valence-corrected chi connectivity index (χ0v) is 22.6. The molecule has 0 bridgehead atoms. The fraction of sp³-hybridized carbons (Fsp3) is 0.839. The zero-order valence-electron chi connectivity index (χ0n) is 22.6. The molecule has 0 saturated heterocycles. The van der Waals surface area contributed by atoms with E-state index < -0.39 is 0 Å². The van der Waals surface area contributed by atoms with Gasteiger partial charge >= 0.3 is 5.97 Å². The van der Waals surface area contributed by atoms with Crippen LogP contribution in [-0.2, 0) is 9.53 Å². The molecule has 0 heterocycles. The maximum Gasteiger partial charge on any atom is 0.305 e. The molecule has 194 valence electrons. The topological polar surface area (TPSA) is 26.3 Å². The molecule has 0 spiro atoms. The van der Waals surface area contributed by atoms with Gasteiger partial charge in [0.25, 0.3) is 0 Å². The molecule has 0 rings (SSSR count). The van der Waals surface area contributed by atoms with Crippen LogP contribution in [0.5, 0.6) is 0 Å². The summed E-state index contributed by atoms with van der Waals surface area (Å²) >= 11 is 0. The normalized spacial score (nSPS) is 11.7. The highest BCUT2D eigenvalue weighted by molar-refractivity contribution is 5.69. The lowest BCUT2D eigenvalue weighted by Gasteiger charge is -2.05. The minimum Gasteiger partial charge on any atom is -0.466 e. The van der Waals surface area contributed by atoms with Crippen molar-refractivity contribution in [2.75, 3.05) is 6.61 Å². The third-order valence-corrected chi connectivity index (χ3v) is 6.34. The van der Waals surface area contributed by atoms with Gasteiger partial charge in [-0.1, -0.05) is 141 Å². The van der Waals surface area contributed by atoms with Gasteiger partial charge in [0.05, 0.1) is 6.61 Å². The third kappa shape index (κ3) is 28.9. The fourth-order valence-electron chi connectivity index (χ4n) is 4.09. The van der Waals surface area contributed by atoms with E-state index in [0.717, 1.165) is 25.7 Å². The molecule has 0 unspecified atom stereocenters. The maximum atomic E-state index is 11.8. The van der Waals surface area contributed by atoms with Crippen molar-refractivity contribution < 1.29 is 9.53 Å². The van der Waals surface area contributed by atoms with Crippen LogP contribution in [-0.4, -0.2) is 12.6 Å². The van der Waals surface area contributed by atoms with Crippen molar-refractivity contribution in [3.63, 3.8) is 0 Å². The number of hydrogen-bond donors (Lipinski definition) is 0. The average molecular weight is 463 g/mol. The van der Waals surface area contributed by atoms with Crippen molar-refractivity contribution in [1.82, 2.24) is 0 Å². The van der Waals surface area contributed by atoms with Crippen LogP contribution in [0.2, 0.25) is 0 Å². The summed E-state index contributed by atoms with van der Waals surface area (Å²) in [5.74, 6) is 0.00741. The molecule has 0 saturated carbocycles. The number of carbonyl (C=O) groups is 1. The summed E-state index contributed by atoms with van der Waals surface area (Å²) in [6.45, 7) is 5.13. The molecule has 0 aromatic rings. The quantitative estimate of drug-likeness (QED) is 0.0725. The number of rotatable bonds is 26. The molecule has 2 nitrogen and oxygen atoms in total. The number of unbranched alkanes of at least 4 members (excludes halogenated alkanes) is 18. The van der Waals surface area contributed by atoms with E-state index in [1.165, 1.54) is 116 Å². The first-order valence-electron chi connectivity index (χ1n) is 14.8. The van der Waals surface area contributed by atoms with Gasteiger partial charge in [0.15, 0.2) is 0 Å². The molecule has 0 N–H and O–H groups in total. The standard InChI is InChI=1S/C31H58O2/c1-3-5-7-9-11-13-15-17-18-19-21-23-25-27-29-31(32)33-30-28-26-24-22-20-16-14-12-10-8-6-4-2/h9,11,15,17H,3-8,10,12-14,16,18-30H2,1-2H3/b11-9-,17-15-. The van der Waals surface area contributed by atoms with Crippen LogP contribution in [0, 0.1) is 0 Å². The lowest BCUT2D eigenvalue weighted by molar-refractivity contribution is -0.143. The molecule has 0 aromatic heterocycles. The Morgan fingerprint density at radius 2 is 0.970 bits per heavy atom.